The summed E-state index contributed by atoms with van der Waals surface area (Å²) >= 11 is 0. The Balaban J connectivity index is 1.27. The highest BCUT2D eigenvalue weighted by Gasteiger charge is 2.51. The molecule has 46 heavy (non-hydrogen) atoms. The van der Waals surface area contributed by atoms with Crippen molar-refractivity contribution in [1.82, 2.24) is 0 Å². The Morgan fingerprint density at radius 2 is 0.696 bits per heavy atom. The first kappa shape index (κ1) is 25.4. The monoisotopic (exact) mass is 584 g/mol. The molecular formula is C45H28O. The maximum Gasteiger partial charge on any atom is 0.132 e. The number of ether oxygens (including phenoxy) is 1. The van der Waals surface area contributed by atoms with E-state index >= 15 is 0 Å². The van der Waals surface area contributed by atoms with Crippen molar-refractivity contribution in [3.05, 3.63) is 192 Å². The largest absolute Gasteiger partial charge is 0.457 e. The van der Waals surface area contributed by atoms with Crippen LogP contribution < -0.4 is 4.74 Å². The molecule has 10 rings (SSSR count). The molecule has 0 bridgehead atoms. The van der Waals surface area contributed by atoms with Crippen LogP contribution in [0.2, 0.25) is 0 Å². The summed E-state index contributed by atoms with van der Waals surface area (Å²) in [5.41, 5.74) is 11.8. The topological polar surface area (TPSA) is 9.23 Å². The van der Waals surface area contributed by atoms with Gasteiger partial charge in [-0.3, -0.25) is 0 Å². The van der Waals surface area contributed by atoms with Crippen LogP contribution >= 0.6 is 0 Å². The number of hydrogen-bond acceptors (Lipinski definition) is 1. The van der Waals surface area contributed by atoms with E-state index in [0.717, 1.165) is 11.5 Å². The maximum absolute atomic E-state index is 6.62. The van der Waals surface area contributed by atoms with E-state index in [1.165, 1.54) is 77.2 Å². The summed E-state index contributed by atoms with van der Waals surface area (Å²) in [5.74, 6) is 1.82. The molecule has 8 aromatic carbocycles. The molecule has 0 fully saturated rings. The van der Waals surface area contributed by atoms with Gasteiger partial charge in [0.05, 0.1) is 5.41 Å². The van der Waals surface area contributed by atoms with Gasteiger partial charge < -0.3 is 4.74 Å². The number of benzene rings is 8. The van der Waals surface area contributed by atoms with Crippen molar-refractivity contribution in [1.29, 1.82) is 0 Å². The Morgan fingerprint density at radius 1 is 0.304 bits per heavy atom. The second-order valence-corrected chi connectivity index (χ2v) is 12.5. The summed E-state index contributed by atoms with van der Waals surface area (Å²) in [6.07, 6.45) is 0. The van der Waals surface area contributed by atoms with Crippen molar-refractivity contribution in [3.8, 4) is 44.9 Å². The van der Waals surface area contributed by atoms with Crippen LogP contribution in [0.1, 0.15) is 22.3 Å². The fourth-order valence-electron chi connectivity index (χ4n) is 8.00. The van der Waals surface area contributed by atoms with Gasteiger partial charge in [-0.15, -0.1) is 0 Å². The van der Waals surface area contributed by atoms with Gasteiger partial charge in [0.1, 0.15) is 11.5 Å². The Labute approximate surface area is 268 Å². The second kappa shape index (κ2) is 9.54. The highest BCUT2D eigenvalue weighted by Crippen LogP contribution is 2.62. The SMILES string of the molecule is c1ccc2c(c1)Oc1ccccc1C21c2cc(-c3ccc4ccccc4c3)ccc2-c2ccc(-c3ccc4ccccc4c3)cc21. The van der Waals surface area contributed by atoms with E-state index in [-0.39, 0.29) is 0 Å². The second-order valence-electron chi connectivity index (χ2n) is 12.5. The number of para-hydroxylation sites is 2. The summed E-state index contributed by atoms with van der Waals surface area (Å²) in [6, 6.07) is 62.1. The third-order valence-corrected chi connectivity index (χ3v) is 10.1. The predicted molar refractivity (Wildman–Crippen MR) is 190 cm³/mol. The minimum atomic E-state index is -0.532. The molecule has 1 aliphatic heterocycles. The molecule has 8 aromatic rings. The van der Waals surface area contributed by atoms with Crippen LogP contribution in [0.25, 0.3) is 54.9 Å². The van der Waals surface area contributed by atoms with Gasteiger partial charge in [-0.05, 0) is 102 Å². The zero-order valence-electron chi connectivity index (χ0n) is 25.1. The Bertz CT molecular complexity index is 2340. The lowest BCUT2D eigenvalue weighted by molar-refractivity contribution is 0.436. The van der Waals surface area contributed by atoms with Crippen molar-refractivity contribution < 1.29 is 4.74 Å². The van der Waals surface area contributed by atoms with Crippen LogP contribution in [0.5, 0.6) is 11.5 Å². The van der Waals surface area contributed by atoms with Gasteiger partial charge in [-0.25, -0.2) is 0 Å². The van der Waals surface area contributed by atoms with Crippen LogP contribution in [0.4, 0.5) is 0 Å². The Kier molecular flexibility index (Phi) is 5.27. The van der Waals surface area contributed by atoms with E-state index in [0.29, 0.717) is 0 Å². The van der Waals surface area contributed by atoms with Crippen molar-refractivity contribution in [3.63, 3.8) is 0 Å². The minimum absolute atomic E-state index is 0.532. The number of fused-ring (bicyclic) bond motifs is 11. The van der Waals surface area contributed by atoms with E-state index in [1.54, 1.807) is 0 Å². The van der Waals surface area contributed by atoms with E-state index in [4.69, 9.17) is 4.74 Å². The molecule has 2 aliphatic rings. The molecule has 1 aliphatic carbocycles. The molecule has 1 nitrogen and oxygen atoms in total. The van der Waals surface area contributed by atoms with E-state index in [9.17, 15) is 0 Å². The van der Waals surface area contributed by atoms with Gasteiger partial charge >= 0.3 is 0 Å². The Hall–Kier alpha value is -5.92. The molecule has 1 heterocycles. The third-order valence-electron chi connectivity index (χ3n) is 10.1. The van der Waals surface area contributed by atoms with Gasteiger partial charge in [0, 0.05) is 11.1 Å². The fraction of sp³-hybridized carbons (Fsp3) is 0.0222. The first-order chi connectivity index (χ1) is 22.8. The molecule has 0 unspecified atom stereocenters. The molecule has 0 saturated carbocycles. The average Bonchev–Trinajstić information content (AvgIpc) is 3.40. The highest BCUT2D eigenvalue weighted by atomic mass is 16.5. The van der Waals surface area contributed by atoms with Crippen LogP contribution in [0.15, 0.2) is 170 Å². The van der Waals surface area contributed by atoms with Crippen molar-refractivity contribution in [2.24, 2.45) is 0 Å². The molecular weight excluding hydrogens is 556 g/mol. The zero-order valence-corrected chi connectivity index (χ0v) is 25.1. The van der Waals surface area contributed by atoms with E-state index in [1.807, 2.05) is 0 Å². The highest BCUT2D eigenvalue weighted by molar-refractivity contribution is 5.94. The lowest BCUT2D eigenvalue weighted by Gasteiger charge is -2.39. The van der Waals surface area contributed by atoms with Crippen molar-refractivity contribution in [2.75, 3.05) is 0 Å². The first-order valence-electron chi connectivity index (χ1n) is 15.9. The zero-order chi connectivity index (χ0) is 30.2. The number of rotatable bonds is 2. The summed E-state index contributed by atoms with van der Waals surface area (Å²) in [5, 5.41) is 5.01. The molecule has 0 saturated heterocycles. The molecule has 1 heteroatoms. The lowest BCUT2D eigenvalue weighted by Crippen LogP contribution is -2.32. The van der Waals surface area contributed by atoms with Crippen LogP contribution in [-0.2, 0) is 5.41 Å². The third kappa shape index (κ3) is 3.51. The molecule has 0 atom stereocenters. The van der Waals surface area contributed by atoms with Gasteiger partial charge in [-0.1, -0.05) is 133 Å². The smallest absolute Gasteiger partial charge is 0.132 e. The fourth-order valence-corrected chi connectivity index (χ4v) is 8.00. The summed E-state index contributed by atoms with van der Waals surface area (Å²) < 4.78 is 6.62. The molecule has 0 aromatic heterocycles. The number of hydrogen-bond donors (Lipinski definition) is 0. The van der Waals surface area contributed by atoms with E-state index in [2.05, 4.69) is 170 Å². The van der Waals surface area contributed by atoms with Gasteiger partial charge in [0.25, 0.3) is 0 Å². The van der Waals surface area contributed by atoms with Gasteiger partial charge in [0.2, 0.25) is 0 Å². The van der Waals surface area contributed by atoms with Crippen molar-refractivity contribution in [2.45, 2.75) is 5.41 Å². The lowest BCUT2D eigenvalue weighted by atomic mass is 9.65. The standard InChI is InChI=1S/C45H28O/c1-3-11-31-25-33(19-17-29(31)9-1)35-21-23-37-38-24-22-36(34-20-18-30-10-2-4-12-32(30)26-34)28-42(38)45(41(37)27-35)39-13-5-7-15-43(39)46-44-16-8-6-14-40(44)45/h1-28H. The predicted octanol–water partition coefficient (Wildman–Crippen LogP) is 11.8. The normalized spacial score (nSPS) is 13.6. The van der Waals surface area contributed by atoms with Crippen LogP contribution in [0.3, 0.4) is 0 Å². The first-order valence-corrected chi connectivity index (χ1v) is 15.9. The van der Waals surface area contributed by atoms with Crippen LogP contribution in [0, 0.1) is 0 Å². The Morgan fingerprint density at radius 3 is 1.20 bits per heavy atom. The minimum Gasteiger partial charge on any atom is -0.457 e. The summed E-state index contributed by atoms with van der Waals surface area (Å²) in [4.78, 5) is 0. The summed E-state index contributed by atoms with van der Waals surface area (Å²) in [6.45, 7) is 0. The van der Waals surface area contributed by atoms with Crippen LogP contribution in [-0.4, -0.2) is 0 Å². The molecule has 214 valence electrons. The average molecular weight is 585 g/mol. The summed E-state index contributed by atoms with van der Waals surface area (Å²) in [7, 11) is 0. The molecule has 0 N–H and O–H groups in total. The maximum atomic E-state index is 6.62. The molecule has 0 amide bonds. The van der Waals surface area contributed by atoms with Crippen molar-refractivity contribution >= 4 is 21.5 Å². The molecule has 0 radical (unpaired) electrons. The molecule has 1 spiro atoms. The quantitative estimate of drug-likeness (QED) is 0.196. The van der Waals surface area contributed by atoms with E-state index < -0.39 is 5.41 Å². The van der Waals surface area contributed by atoms with Gasteiger partial charge in [-0.2, -0.15) is 0 Å². The van der Waals surface area contributed by atoms with Gasteiger partial charge in [0.15, 0.2) is 0 Å².